The third-order valence-corrected chi connectivity index (χ3v) is 6.40. The number of amides is 1. The zero-order valence-corrected chi connectivity index (χ0v) is 17.9. The molecule has 1 aliphatic carbocycles. The van der Waals surface area contributed by atoms with Gasteiger partial charge in [0.05, 0.1) is 11.6 Å². The molecule has 6 heteroatoms. The van der Waals surface area contributed by atoms with Crippen LogP contribution in [-0.2, 0) is 11.3 Å². The van der Waals surface area contributed by atoms with Gasteiger partial charge in [0.25, 0.3) is 0 Å². The predicted octanol–water partition coefficient (Wildman–Crippen LogP) is 4.96. The van der Waals surface area contributed by atoms with Crippen LogP contribution in [0.4, 0.5) is 0 Å². The second kappa shape index (κ2) is 9.31. The van der Waals surface area contributed by atoms with Crippen LogP contribution in [0.1, 0.15) is 56.4 Å². The molecule has 1 saturated carbocycles. The summed E-state index contributed by atoms with van der Waals surface area (Å²) >= 11 is 6.10. The molecule has 1 unspecified atom stereocenters. The molecule has 2 aromatic rings. The molecule has 2 aliphatic rings. The van der Waals surface area contributed by atoms with Crippen LogP contribution < -0.4 is 5.32 Å². The zero-order chi connectivity index (χ0) is 20.2. The second-order valence-corrected chi connectivity index (χ2v) is 8.89. The number of rotatable bonds is 5. The van der Waals surface area contributed by atoms with Crippen molar-refractivity contribution >= 4 is 17.5 Å². The lowest BCUT2D eigenvalue weighted by atomic mass is 9.93. The van der Waals surface area contributed by atoms with Gasteiger partial charge >= 0.3 is 0 Å². The topological polar surface area (TPSA) is 58.4 Å². The molecule has 1 aliphatic heterocycles. The highest BCUT2D eigenvalue weighted by molar-refractivity contribution is 6.30. The van der Waals surface area contributed by atoms with Gasteiger partial charge < -0.3 is 9.73 Å². The first-order valence-electron chi connectivity index (χ1n) is 10.8. The van der Waals surface area contributed by atoms with E-state index in [1.807, 2.05) is 31.2 Å². The van der Waals surface area contributed by atoms with Crippen LogP contribution in [0.5, 0.6) is 0 Å². The highest BCUT2D eigenvalue weighted by atomic mass is 35.5. The van der Waals surface area contributed by atoms with Crippen molar-refractivity contribution < 1.29 is 9.21 Å². The molecule has 0 radical (unpaired) electrons. The molecule has 2 heterocycles. The zero-order valence-electron chi connectivity index (χ0n) is 17.1. The van der Waals surface area contributed by atoms with Gasteiger partial charge in [-0.1, -0.05) is 36.9 Å². The summed E-state index contributed by atoms with van der Waals surface area (Å²) in [5, 5.41) is 3.97. The predicted molar refractivity (Wildman–Crippen MR) is 115 cm³/mol. The van der Waals surface area contributed by atoms with E-state index in [1.165, 1.54) is 19.3 Å². The number of likely N-dealkylation sites (tertiary alicyclic amines) is 1. The first-order chi connectivity index (χ1) is 14.1. The largest absolute Gasteiger partial charge is 0.441 e. The summed E-state index contributed by atoms with van der Waals surface area (Å²) in [4.78, 5) is 19.8. The maximum atomic E-state index is 12.8. The molecule has 0 bridgehead atoms. The van der Waals surface area contributed by atoms with E-state index >= 15 is 0 Å². The average Bonchev–Trinajstić information content (AvgIpc) is 3.09. The normalized spacial score (nSPS) is 21.2. The van der Waals surface area contributed by atoms with Gasteiger partial charge in [-0.05, 0) is 57.4 Å². The Morgan fingerprint density at radius 1 is 1.24 bits per heavy atom. The molecule has 5 nitrogen and oxygen atoms in total. The van der Waals surface area contributed by atoms with Crippen molar-refractivity contribution in [3.05, 3.63) is 40.7 Å². The number of carbonyl (C=O) groups is 1. The van der Waals surface area contributed by atoms with Crippen LogP contribution in [0.2, 0.25) is 5.02 Å². The number of halogens is 1. The van der Waals surface area contributed by atoms with Crippen LogP contribution in [0.3, 0.4) is 0 Å². The van der Waals surface area contributed by atoms with E-state index in [0.29, 0.717) is 23.5 Å². The lowest BCUT2D eigenvalue weighted by Gasteiger charge is -2.33. The maximum Gasteiger partial charge on any atom is 0.226 e. The molecule has 1 atom stereocenters. The molecule has 1 amide bonds. The van der Waals surface area contributed by atoms with E-state index in [2.05, 4.69) is 10.2 Å². The van der Waals surface area contributed by atoms with E-state index in [9.17, 15) is 4.79 Å². The molecule has 1 N–H and O–H groups in total. The number of nitrogens with zero attached hydrogens (tertiary/aromatic N) is 2. The monoisotopic (exact) mass is 415 g/mol. The van der Waals surface area contributed by atoms with Gasteiger partial charge in [0.1, 0.15) is 5.76 Å². The minimum Gasteiger partial charge on any atom is -0.441 e. The van der Waals surface area contributed by atoms with Crippen molar-refractivity contribution in [3.8, 4) is 11.5 Å². The van der Waals surface area contributed by atoms with Crippen LogP contribution in [0.15, 0.2) is 28.7 Å². The number of hydrogen-bond donors (Lipinski definition) is 1. The maximum absolute atomic E-state index is 12.8. The number of hydrogen-bond acceptors (Lipinski definition) is 4. The standard InChI is InChI=1S/C23H30ClN3O2/c1-16-21(26-23(29-16)17-7-5-9-19(24)13-17)15-27-12-6-8-18(14-27)22(28)25-20-10-3-2-4-11-20/h5,7,9,13,18,20H,2-4,6,8,10-12,14-15H2,1H3,(H,25,28). The molecular formula is C23H30ClN3O2. The highest BCUT2D eigenvalue weighted by Crippen LogP contribution is 2.26. The Morgan fingerprint density at radius 2 is 2.07 bits per heavy atom. The molecule has 1 aromatic heterocycles. The van der Waals surface area contributed by atoms with Crippen molar-refractivity contribution in [3.63, 3.8) is 0 Å². The molecule has 156 valence electrons. The van der Waals surface area contributed by atoms with E-state index < -0.39 is 0 Å². The molecule has 4 rings (SSSR count). The molecule has 1 saturated heterocycles. The van der Waals surface area contributed by atoms with Crippen molar-refractivity contribution in [1.82, 2.24) is 15.2 Å². The molecule has 29 heavy (non-hydrogen) atoms. The number of nitrogens with one attached hydrogen (secondary N) is 1. The summed E-state index contributed by atoms with van der Waals surface area (Å²) in [6.45, 7) is 4.44. The number of aryl methyl sites for hydroxylation is 1. The summed E-state index contributed by atoms with van der Waals surface area (Å²) < 4.78 is 5.90. The third kappa shape index (κ3) is 5.20. The van der Waals surface area contributed by atoms with Gasteiger partial charge in [-0.25, -0.2) is 4.98 Å². The summed E-state index contributed by atoms with van der Waals surface area (Å²) in [7, 11) is 0. The highest BCUT2D eigenvalue weighted by Gasteiger charge is 2.28. The lowest BCUT2D eigenvalue weighted by molar-refractivity contribution is -0.127. The first kappa shape index (κ1) is 20.4. The van der Waals surface area contributed by atoms with Crippen molar-refractivity contribution in [1.29, 1.82) is 0 Å². The fourth-order valence-corrected chi connectivity index (χ4v) is 4.70. The van der Waals surface area contributed by atoms with E-state index in [1.54, 1.807) is 0 Å². The van der Waals surface area contributed by atoms with E-state index in [0.717, 1.165) is 55.8 Å². The summed E-state index contributed by atoms with van der Waals surface area (Å²) in [5.74, 6) is 1.74. The van der Waals surface area contributed by atoms with Crippen molar-refractivity contribution in [2.75, 3.05) is 13.1 Å². The molecule has 0 spiro atoms. The Labute approximate surface area is 177 Å². The first-order valence-corrected chi connectivity index (χ1v) is 11.2. The number of benzene rings is 1. The minimum atomic E-state index is 0.0743. The number of piperidine rings is 1. The van der Waals surface area contributed by atoms with Gasteiger partial charge in [0.2, 0.25) is 11.8 Å². The van der Waals surface area contributed by atoms with Gasteiger partial charge in [-0.2, -0.15) is 0 Å². The average molecular weight is 416 g/mol. The van der Waals surface area contributed by atoms with Crippen LogP contribution in [0.25, 0.3) is 11.5 Å². The summed E-state index contributed by atoms with van der Waals surface area (Å²) in [5.41, 5.74) is 1.82. The Morgan fingerprint density at radius 3 is 2.86 bits per heavy atom. The quantitative estimate of drug-likeness (QED) is 0.749. The summed E-state index contributed by atoms with van der Waals surface area (Å²) in [6, 6.07) is 7.94. The number of oxazole rings is 1. The fraction of sp³-hybridized carbons (Fsp3) is 0.565. The third-order valence-electron chi connectivity index (χ3n) is 6.17. The van der Waals surface area contributed by atoms with Crippen LogP contribution >= 0.6 is 11.6 Å². The second-order valence-electron chi connectivity index (χ2n) is 8.45. The van der Waals surface area contributed by atoms with Gasteiger partial charge in [0, 0.05) is 29.7 Å². The van der Waals surface area contributed by atoms with E-state index in [4.69, 9.17) is 21.0 Å². The number of carbonyl (C=O) groups excluding carboxylic acids is 1. The smallest absolute Gasteiger partial charge is 0.226 e. The van der Waals surface area contributed by atoms with Crippen LogP contribution in [-0.4, -0.2) is 34.9 Å². The fourth-order valence-electron chi connectivity index (χ4n) is 4.51. The van der Waals surface area contributed by atoms with Gasteiger partial charge in [-0.3, -0.25) is 9.69 Å². The molecular weight excluding hydrogens is 386 g/mol. The molecule has 1 aromatic carbocycles. The van der Waals surface area contributed by atoms with Crippen molar-refractivity contribution in [2.24, 2.45) is 5.92 Å². The minimum absolute atomic E-state index is 0.0743. The van der Waals surface area contributed by atoms with Gasteiger partial charge in [-0.15, -0.1) is 0 Å². The van der Waals surface area contributed by atoms with Crippen LogP contribution in [0, 0.1) is 12.8 Å². The Bertz CT molecular complexity index is 844. The Hall–Kier alpha value is -1.85. The lowest BCUT2D eigenvalue weighted by Crippen LogP contribution is -2.46. The van der Waals surface area contributed by atoms with Gasteiger partial charge in [0.15, 0.2) is 0 Å². The molecule has 2 fully saturated rings. The summed E-state index contributed by atoms with van der Waals surface area (Å²) in [6.07, 6.45) is 8.06. The van der Waals surface area contributed by atoms with Crippen molar-refractivity contribution in [2.45, 2.75) is 64.5 Å². The van der Waals surface area contributed by atoms with E-state index in [-0.39, 0.29) is 11.8 Å². The Kier molecular flexibility index (Phi) is 6.56. The Balaban J connectivity index is 1.37. The number of aromatic nitrogens is 1. The SMILES string of the molecule is Cc1oc(-c2cccc(Cl)c2)nc1CN1CCCC(C(=O)NC2CCCCC2)C1.